The zero-order chi connectivity index (χ0) is 10.7. The summed E-state index contributed by atoms with van der Waals surface area (Å²) in [5, 5.41) is 9.14. The molecule has 0 aromatic rings. The second kappa shape index (κ2) is 2.51. The Morgan fingerprint density at radius 2 is 1.64 bits per heavy atom. The number of hydrogen-bond donors (Lipinski definition) is 1. The molecule has 1 amide bonds. The minimum absolute atomic E-state index is 0.116. The Kier molecular flexibility index (Phi) is 1.79. The van der Waals surface area contributed by atoms with Crippen molar-refractivity contribution >= 4 is 5.91 Å². The SMILES string of the molecule is CC1(C)C(C(=O)N2CC(O)C2)C1(C)C. The molecule has 1 aliphatic heterocycles. The summed E-state index contributed by atoms with van der Waals surface area (Å²) >= 11 is 0. The second-order valence-electron chi connectivity index (χ2n) is 5.77. The molecule has 0 unspecified atom stereocenters. The number of hydrogen-bond acceptors (Lipinski definition) is 2. The molecule has 1 saturated carbocycles. The van der Waals surface area contributed by atoms with E-state index in [0.29, 0.717) is 13.1 Å². The highest BCUT2D eigenvalue weighted by atomic mass is 16.3. The third kappa shape index (κ3) is 1.05. The van der Waals surface area contributed by atoms with E-state index < -0.39 is 0 Å². The van der Waals surface area contributed by atoms with Crippen LogP contribution >= 0.6 is 0 Å². The van der Waals surface area contributed by atoms with Crippen LogP contribution in [0.4, 0.5) is 0 Å². The van der Waals surface area contributed by atoms with Gasteiger partial charge in [-0.3, -0.25) is 4.79 Å². The fraction of sp³-hybridized carbons (Fsp3) is 0.909. The van der Waals surface area contributed by atoms with Gasteiger partial charge in [0.2, 0.25) is 5.91 Å². The molecule has 3 nitrogen and oxygen atoms in total. The van der Waals surface area contributed by atoms with Gasteiger partial charge in [-0.25, -0.2) is 0 Å². The second-order valence-corrected chi connectivity index (χ2v) is 5.77. The predicted octanol–water partition coefficient (Wildman–Crippen LogP) is 0.872. The van der Waals surface area contributed by atoms with Crippen molar-refractivity contribution in [2.75, 3.05) is 13.1 Å². The van der Waals surface area contributed by atoms with Crippen molar-refractivity contribution in [3.8, 4) is 0 Å². The van der Waals surface area contributed by atoms with E-state index in [0.717, 1.165) is 0 Å². The van der Waals surface area contributed by atoms with Gasteiger partial charge in [-0.05, 0) is 10.8 Å². The minimum Gasteiger partial charge on any atom is -0.389 e. The Morgan fingerprint density at radius 3 is 1.93 bits per heavy atom. The van der Waals surface area contributed by atoms with Gasteiger partial charge in [0.05, 0.1) is 6.10 Å². The fourth-order valence-electron chi connectivity index (χ4n) is 2.63. The summed E-state index contributed by atoms with van der Waals surface area (Å²) in [5.74, 6) is 0.368. The van der Waals surface area contributed by atoms with Crippen molar-refractivity contribution in [3.05, 3.63) is 0 Å². The predicted molar refractivity (Wildman–Crippen MR) is 53.6 cm³/mol. The molecule has 1 heterocycles. The smallest absolute Gasteiger partial charge is 0.226 e. The van der Waals surface area contributed by atoms with E-state index >= 15 is 0 Å². The molecule has 0 radical (unpaired) electrons. The first-order valence-electron chi connectivity index (χ1n) is 5.25. The quantitative estimate of drug-likeness (QED) is 0.677. The van der Waals surface area contributed by atoms with Crippen LogP contribution in [0.15, 0.2) is 0 Å². The standard InChI is InChI=1S/C11H19NO2/c1-10(2)8(11(10,3)4)9(14)12-5-7(13)6-12/h7-8,13H,5-6H2,1-4H3. The van der Waals surface area contributed by atoms with Crippen LogP contribution in [0.3, 0.4) is 0 Å². The normalized spacial score (nSPS) is 29.9. The first-order valence-corrected chi connectivity index (χ1v) is 5.25. The molecule has 80 valence electrons. The van der Waals surface area contributed by atoms with E-state index in [9.17, 15) is 4.79 Å². The fourth-order valence-corrected chi connectivity index (χ4v) is 2.63. The lowest BCUT2D eigenvalue weighted by molar-refractivity contribution is -0.144. The molecule has 0 spiro atoms. The molecule has 14 heavy (non-hydrogen) atoms. The summed E-state index contributed by atoms with van der Waals surface area (Å²) in [4.78, 5) is 13.7. The first-order chi connectivity index (χ1) is 6.28. The number of nitrogens with zero attached hydrogens (tertiary/aromatic N) is 1. The van der Waals surface area contributed by atoms with Crippen LogP contribution in [0.2, 0.25) is 0 Å². The van der Waals surface area contributed by atoms with Crippen molar-refractivity contribution in [2.24, 2.45) is 16.7 Å². The maximum atomic E-state index is 12.0. The molecule has 1 saturated heterocycles. The van der Waals surface area contributed by atoms with Crippen LogP contribution < -0.4 is 0 Å². The maximum Gasteiger partial charge on any atom is 0.226 e. The highest BCUT2D eigenvalue weighted by molar-refractivity contribution is 5.85. The van der Waals surface area contributed by atoms with E-state index in [1.54, 1.807) is 4.90 Å². The van der Waals surface area contributed by atoms with Gasteiger partial charge in [-0.15, -0.1) is 0 Å². The highest BCUT2D eigenvalue weighted by Crippen LogP contribution is 2.68. The zero-order valence-corrected chi connectivity index (χ0v) is 9.37. The van der Waals surface area contributed by atoms with Gasteiger partial charge in [-0.2, -0.15) is 0 Å². The van der Waals surface area contributed by atoms with E-state index in [1.165, 1.54) is 0 Å². The first kappa shape index (κ1) is 9.97. The van der Waals surface area contributed by atoms with E-state index in [2.05, 4.69) is 27.7 Å². The lowest BCUT2D eigenvalue weighted by Crippen LogP contribution is -2.54. The number of aliphatic hydroxyl groups is 1. The van der Waals surface area contributed by atoms with Crippen LogP contribution in [0.5, 0.6) is 0 Å². The molecule has 0 atom stereocenters. The van der Waals surface area contributed by atoms with Crippen molar-refractivity contribution in [3.63, 3.8) is 0 Å². The summed E-state index contributed by atoms with van der Waals surface area (Å²) in [7, 11) is 0. The van der Waals surface area contributed by atoms with Gasteiger partial charge < -0.3 is 10.0 Å². The summed E-state index contributed by atoms with van der Waals surface area (Å²) in [5.41, 5.74) is 0.231. The lowest BCUT2D eigenvalue weighted by atomic mass is 10.0. The Balaban J connectivity index is 2.02. The number of likely N-dealkylation sites (tertiary alicyclic amines) is 1. The number of aliphatic hydroxyl groups excluding tert-OH is 1. The monoisotopic (exact) mass is 197 g/mol. The Morgan fingerprint density at radius 1 is 1.21 bits per heavy atom. The molecular weight excluding hydrogens is 178 g/mol. The Bertz CT molecular complexity index is 263. The number of rotatable bonds is 1. The molecule has 0 aromatic heterocycles. The third-order valence-electron chi connectivity index (χ3n) is 4.44. The van der Waals surface area contributed by atoms with E-state index in [4.69, 9.17) is 5.11 Å². The van der Waals surface area contributed by atoms with Crippen molar-refractivity contribution < 1.29 is 9.90 Å². The van der Waals surface area contributed by atoms with Crippen molar-refractivity contribution in [1.82, 2.24) is 4.90 Å². The third-order valence-corrected chi connectivity index (χ3v) is 4.44. The molecule has 2 fully saturated rings. The van der Waals surface area contributed by atoms with Crippen LogP contribution in [-0.4, -0.2) is 35.1 Å². The molecule has 2 aliphatic rings. The molecule has 1 aliphatic carbocycles. The average molecular weight is 197 g/mol. The molecular formula is C11H19NO2. The van der Waals surface area contributed by atoms with Crippen molar-refractivity contribution in [1.29, 1.82) is 0 Å². The van der Waals surface area contributed by atoms with Gasteiger partial charge >= 0.3 is 0 Å². The topological polar surface area (TPSA) is 40.5 Å². The summed E-state index contributed by atoms with van der Waals surface area (Å²) in [6, 6.07) is 0. The zero-order valence-electron chi connectivity index (χ0n) is 9.37. The number of β-amino-alcohol motifs (C(OH)–C–C–N with tert-alkyl or cyclic N) is 1. The maximum absolute atomic E-state index is 12.0. The number of amides is 1. The summed E-state index contributed by atoms with van der Waals surface area (Å²) in [6.45, 7) is 9.64. The lowest BCUT2D eigenvalue weighted by Gasteiger charge is -2.36. The van der Waals surface area contributed by atoms with Gasteiger partial charge in [0.1, 0.15) is 0 Å². The Hall–Kier alpha value is -0.570. The van der Waals surface area contributed by atoms with E-state index in [-0.39, 0.29) is 28.8 Å². The molecule has 3 heteroatoms. The number of carbonyl (C=O) groups is 1. The molecule has 0 aromatic carbocycles. The van der Waals surface area contributed by atoms with Crippen molar-refractivity contribution in [2.45, 2.75) is 33.8 Å². The van der Waals surface area contributed by atoms with Crippen LogP contribution in [-0.2, 0) is 4.79 Å². The van der Waals surface area contributed by atoms with Gasteiger partial charge in [0, 0.05) is 19.0 Å². The molecule has 0 bridgehead atoms. The highest BCUT2D eigenvalue weighted by Gasteiger charge is 2.69. The number of carbonyl (C=O) groups excluding carboxylic acids is 1. The molecule has 2 rings (SSSR count). The average Bonchev–Trinajstić information content (AvgIpc) is 2.36. The summed E-state index contributed by atoms with van der Waals surface area (Å²) in [6.07, 6.45) is -0.288. The van der Waals surface area contributed by atoms with Crippen LogP contribution in [0.25, 0.3) is 0 Å². The van der Waals surface area contributed by atoms with Crippen LogP contribution in [0, 0.1) is 16.7 Å². The largest absolute Gasteiger partial charge is 0.389 e. The Labute approximate surface area is 85.1 Å². The molecule has 1 N–H and O–H groups in total. The van der Waals surface area contributed by atoms with Crippen LogP contribution in [0.1, 0.15) is 27.7 Å². The van der Waals surface area contributed by atoms with E-state index in [1.807, 2.05) is 0 Å². The van der Waals surface area contributed by atoms with Gasteiger partial charge in [0.25, 0.3) is 0 Å². The minimum atomic E-state index is -0.288. The van der Waals surface area contributed by atoms with Gasteiger partial charge in [0.15, 0.2) is 0 Å². The van der Waals surface area contributed by atoms with Gasteiger partial charge in [-0.1, -0.05) is 27.7 Å². The summed E-state index contributed by atoms with van der Waals surface area (Å²) < 4.78 is 0.